The maximum absolute atomic E-state index is 12.8. The van der Waals surface area contributed by atoms with Gasteiger partial charge in [0.25, 0.3) is 0 Å². The zero-order chi connectivity index (χ0) is 17.2. The molecule has 0 saturated carbocycles. The Morgan fingerprint density at radius 2 is 1.62 bits per heavy atom. The fourth-order valence-electron chi connectivity index (χ4n) is 2.32. The summed E-state index contributed by atoms with van der Waals surface area (Å²) in [5, 5.41) is 3.27. The van der Waals surface area contributed by atoms with E-state index in [1.165, 1.54) is 17.7 Å². The van der Waals surface area contributed by atoms with Gasteiger partial charge in [0.05, 0.1) is 13.2 Å². The Hall–Kier alpha value is -2.17. The normalized spacial score (nSPS) is 10.6. The van der Waals surface area contributed by atoms with E-state index >= 15 is 0 Å². The first-order valence-corrected chi connectivity index (χ1v) is 8.19. The second-order valence-electron chi connectivity index (χ2n) is 5.77. The number of benzene rings is 2. The number of rotatable bonds is 10. The third kappa shape index (κ3) is 6.52. The van der Waals surface area contributed by atoms with E-state index < -0.39 is 0 Å². The highest BCUT2D eigenvalue weighted by Gasteiger charge is 1.98. The van der Waals surface area contributed by atoms with Crippen LogP contribution >= 0.6 is 0 Å². The highest BCUT2D eigenvalue weighted by Crippen LogP contribution is 2.07. The molecule has 3 nitrogen and oxygen atoms in total. The Morgan fingerprint density at radius 1 is 1.00 bits per heavy atom. The molecular weight excluding hydrogens is 303 g/mol. The first-order chi connectivity index (χ1) is 11.7. The monoisotopic (exact) mass is 328 g/mol. The number of aryl methyl sites for hydroxylation is 1. The van der Waals surface area contributed by atoms with E-state index in [9.17, 15) is 4.39 Å². The average Bonchev–Trinajstić information content (AvgIpc) is 2.61. The van der Waals surface area contributed by atoms with Crippen LogP contribution in [0.4, 0.5) is 4.39 Å². The number of hydrogen-bond donors (Lipinski definition) is 2. The molecule has 0 fully saturated rings. The summed E-state index contributed by atoms with van der Waals surface area (Å²) >= 11 is 0. The van der Waals surface area contributed by atoms with E-state index in [1.807, 2.05) is 0 Å². The highest BCUT2D eigenvalue weighted by atomic mass is 19.1. The lowest BCUT2D eigenvalue weighted by Crippen LogP contribution is -2.18. The first kappa shape index (κ1) is 18.2. The minimum Gasteiger partial charge on any atom is -0.387 e. The van der Waals surface area contributed by atoms with E-state index in [0.717, 1.165) is 36.2 Å². The summed E-state index contributed by atoms with van der Waals surface area (Å²) in [6.45, 7) is 6.30. The number of nitrogens with two attached hydrogens (primary N) is 1. The minimum atomic E-state index is -0.234. The number of ether oxygens (including phenoxy) is 1. The van der Waals surface area contributed by atoms with Crippen LogP contribution in [0.15, 0.2) is 60.8 Å². The first-order valence-electron chi connectivity index (χ1n) is 8.19. The molecule has 0 aliphatic carbocycles. The van der Waals surface area contributed by atoms with E-state index in [1.54, 1.807) is 12.1 Å². The van der Waals surface area contributed by atoms with Crippen molar-refractivity contribution in [1.29, 1.82) is 0 Å². The molecule has 0 heterocycles. The van der Waals surface area contributed by atoms with Gasteiger partial charge in [-0.15, -0.1) is 0 Å². The maximum atomic E-state index is 12.8. The van der Waals surface area contributed by atoms with Crippen molar-refractivity contribution in [3.05, 3.63) is 83.3 Å². The third-order valence-electron chi connectivity index (χ3n) is 3.73. The van der Waals surface area contributed by atoms with Gasteiger partial charge in [-0.05, 0) is 41.7 Å². The smallest absolute Gasteiger partial charge is 0.123 e. The summed E-state index contributed by atoms with van der Waals surface area (Å²) in [6.07, 6.45) is 2.04. The number of hydrogen-bond acceptors (Lipinski definition) is 3. The zero-order valence-corrected chi connectivity index (χ0v) is 13.9. The molecular formula is C20H25FN2O. The predicted octanol–water partition coefficient (Wildman–Crippen LogP) is 3.54. The van der Waals surface area contributed by atoms with Gasteiger partial charge in [-0.25, -0.2) is 4.39 Å². The molecule has 0 aromatic heterocycles. The highest BCUT2D eigenvalue weighted by molar-refractivity contribution is 5.22. The van der Waals surface area contributed by atoms with Crippen LogP contribution in [0.2, 0.25) is 0 Å². The SMILES string of the molecule is C=C(COCc1ccc(F)cc1)NCCCc1ccc(CN)cc1. The molecule has 2 aromatic rings. The Labute approximate surface area is 143 Å². The lowest BCUT2D eigenvalue weighted by molar-refractivity contribution is 0.139. The van der Waals surface area contributed by atoms with Gasteiger partial charge in [0, 0.05) is 18.8 Å². The molecule has 0 aliphatic heterocycles. The van der Waals surface area contributed by atoms with Crippen LogP contribution < -0.4 is 11.1 Å². The third-order valence-corrected chi connectivity index (χ3v) is 3.73. The topological polar surface area (TPSA) is 47.3 Å². The van der Waals surface area contributed by atoms with Crippen LogP contribution in [0.3, 0.4) is 0 Å². The van der Waals surface area contributed by atoms with Crippen LogP contribution in [-0.4, -0.2) is 13.2 Å². The van der Waals surface area contributed by atoms with Crippen molar-refractivity contribution in [3.63, 3.8) is 0 Å². The van der Waals surface area contributed by atoms with E-state index in [2.05, 4.69) is 36.2 Å². The molecule has 0 aliphatic rings. The van der Waals surface area contributed by atoms with Gasteiger partial charge in [0.15, 0.2) is 0 Å². The molecule has 0 spiro atoms. The van der Waals surface area contributed by atoms with Crippen molar-refractivity contribution >= 4 is 0 Å². The predicted molar refractivity (Wildman–Crippen MR) is 95.9 cm³/mol. The van der Waals surface area contributed by atoms with Crippen LogP contribution in [0, 0.1) is 5.82 Å². The summed E-state index contributed by atoms with van der Waals surface area (Å²) in [4.78, 5) is 0. The van der Waals surface area contributed by atoms with E-state index in [-0.39, 0.29) is 5.82 Å². The van der Waals surface area contributed by atoms with Gasteiger partial charge in [-0.1, -0.05) is 43.0 Å². The lowest BCUT2D eigenvalue weighted by Gasteiger charge is -2.10. The summed E-state index contributed by atoms with van der Waals surface area (Å²) < 4.78 is 18.4. The Balaban J connectivity index is 1.56. The van der Waals surface area contributed by atoms with Crippen LogP contribution in [0.1, 0.15) is 23.1 Å². The zero-order valence-electron chi connectivity index (χ0n) is 13.9. The summed E-state index contributed by atoms with van der Waals surface area (Å²) in [5.74, 6) is -0.234. The van der Waals surface area contributed by atoms with Gasteiger partial charge in [0.2, 0.25) is 0 Å². The Kier molecular flexibility index (Phi) is 7.46. The van der Waals surface area contributed by atoms with Gasteiger partial charge in [0.1, 0.15) is 5.82 Å². The van der Waals surface area contributed by atoms with E-state index in [4.69, 9.17) is 10.5 Å². The van der Waals surface area contributed by atoms with Crippen molar-refractivity contribution in [2.24, 2.45) is 5.73 Å². The minimum absolute atomic E-state index is 0.234. The fourth-order valence-corrected chi connectivity index (χ4v) is 2.32. The molecule has 2 rings (SSSR count). The molecule has 128 valence electrons. The number of nitrogens with one attached hydrogen (secondary N) is 1. The molecule has 4 heteroatoms. The lowest BCUT2D eigenvalue weighted by atomic mass is 10.1. The quantitative estimate of drug-likeness (QED) is 0.656. The molecule has 3 N–H and O–H groups in total. The summed E-state index contributed by atoms with van der Waals surface area (Å²) in [5.41, 5.74) is 9.86. The van der Waals surface area contributed by atoms with Crippen molar-refractivity contribution in [3.8, 4) is 0 Å². The van der Waals surface area contributed by atoms with Gasteiger partial charge in [-0.3, -0.25) is 0 Å². The van der Waals surface area contributed by atoms with Gasteiger partial charge in [-0.2, -0.15) is 0 Å². The maximum Gasteiger partial charge on any atom is 0.123 e. The molecule has 0 amide bonds. The molecule has 0 saturated heterocycles. The molecule has 24 heavy (non-hydrogen) atoms. The molecule has 0 radical (unpaired) electrons. The van der Waals surface area contributed by atoms with E-state index in [0.29, 0.717) is 19.8 Å². The van der Waals surface area contributed by atoms with Crippen LogP contribution in [0.5, 0.6) is 0 Å². The second-order valence-corrected chi connectivity index (χ2v) is 5.77. The van der Waals surface area contributed by atoms with Crippen molar-refractivity contribution in [2.75, 3.05) is 13.2 Å². The van der Waals surface area contributed by atoms with Gasteiger partial charge < -0.3 is 15.8 Å². The summed E-state index contributed by atoms with van der Waals surface area (Å²) in [6, 6.07) is 14.7. The second kappa shape index (κ2) is 9.85. The number of halogens is 1. The van der Waals surface area contributed by atoms with Crippen LogP contribution in [-0.2, 0) is 24.3 Å². The Bertz CT molecular complexity index is 623. The van der Waals surface area contributed by atoms with Crippen molar-refractivity contribution < 1.29 is 9.13 Å². The summed E-state index contributed by atoms with van der Waals surface area (Å²) in [7, 11) is 0. The molecule has 0 unspecified atom stereocenters. The molecule has 0 bridgehead atoms. The van der Waals surface area contributed by atoms with Gasteiger partial charge >= 0.3 is 0 Å². The average molecular weight is 328 g/mol. The Morgan fingerprint density at radius 3 is 2.29 bits per heavy atom. The molecule has 0 atom stereocenters. The largest absolute Gasteiger partial charge is 0.387 e. The van der Waals surface area contributed by atoms with Crippen molar-refractivity contribution in [2.45, 2.75) is 26.0 Å². The molecule has 2 aromatic carbocycles. The standard InChI is InChI=1S/C20H25FN2O/c1-16(14-24-15-19-8-10-20(21)11-9-19)23-12-2-3-17-4-6-18(13-22)7-5-17/h4-11,23H,1-3,12-15,22H2. The fraction of sp³-hybridized carbons (Fsp3) is 0.300. The van der Waals surface area contributed by atoms with Crippen molar-refractivity contribution in [1.82, 2.24) is 5.32 Å². The van der Waals surface area contributed by atoms with Crippen LogP contribution in [0.25, 0.3) is 0 Å².